The van der Waals surface area contributed by atoms with Gasteiger partial charge in [0.2, 0.25) is 0 Å². The highest BCUT2D eigenvalue weighted by Crippen LogP contribution is 2.19. The van der Waals surface area contributed by atoms with Gasteiger partial charge in [0.25, 0.3) is 0 Å². The van der Waals surface area contributed by atoms with E-state index >= 15 is 0 Å². The molecule has 0 aliphatic carbocycles. The summed E-state index contributed by atoms with van der Waals surface area (Å²) < 4.78 is 5.70. The maximum atomic E-state index is 10.1. The lowest BCUT2D eigenvalue weighted by Crippen LogP contribution is -2.33. The second kappa shape index (κ2) is 8.34. The molecule has 0 amide bonds. The highest BCUT2D eigenvalue weighted by Gasteiger charge is 2.10. The summed E-state index contributed by atoms with van der Waals surface area (Å²) in [6.45, 7) is 6.85. The van der Waals surface area contributed by atoms with Crippen LogP contribution in [-0.2, 0) is 0 Å². The quantitative estimate of drug-likeness (QED) is 0.803. The van der Waals surface area contributed by atoms with Crippen LogP contribution in [0.1, 0.15) is 29.7 Å². The van der Waals surface area contributed by atoms with Crippen molar-refractivity contribution < 1.29 is 9.84 Å². The van der Waals surface area contributed by atoms with Gasteiger partial charge in [-0.05, 0) is 50.1 Å². The van der Waals surface area contributed by atoms with Gasteiger partial charge in [-0.25, -0.2) is 0 Å². The summed E-state index contributed by atoms with van der Waals surface area (Å²) in [5.74, 6) is 0.820. The first-order chi connectivity index (χ1) is 11.0. The number of hydrogen-bond donors (Lipinski definition) is 2. The first-order valence-electron chi connectivity index (χ1n) is 7.82. The standard InChI is InChI=1S/C19H24ClNO2/c1-13-4-9-19(14(2)10-13)23-12-18(22)11-21-15(3)16-5-7-17(20)8-6-16/h4-10,15,18,21-22H,11-12H2,1-3H3. The SMILES string of the molecule is Cc1ccc(OCC(O)CNC(C)c2ccc(Cl)cc2)c(C)c1. The second-order valence-electron chi connectivity index (χ2n) is 5.92. The first kappa shape index (κ1) is 17.8. The van der Waals surface area contributed by atoms with Crippen molar-refractivity contribution in [1.29, 1.82) is 0 Å². The maximum Gasteiger partial charge on any atom is 0.122 e. The van der Waals surface area contributed by atoms with Crippen LogP contribution < -0.4 is 10.1 Å². The zero-order valence-corrected chi connectivity index (χ0v) is 14.6. The van der Waals surface area contributed by atoms with Crippen LogP contribution in [0.15, 0.2) is 42.5 Å². The maximum absolute atomic E-state index is 10.1. The molecule has 0 heterocycles. The summed E-state index contributed by atoms with van der Waals surface area (Å²) in [6, 6.07) is 13.9. The van der Waals surface area contributed by atoms with Gasteiger partial charge in [-0.1, -0.05) is 41.4 Å². The van der Waals surface area contributed by atoms with Gasteiger partial charge in [-0.2, -0.15) is 0 Å². The normalized spacial score (nSPS) is 13.6. The Morgan fingerprint density at radius 3 is 2.48 bits per heavy atom. The van der Waals surface area contributed by atoms with Gasteiger partial charge in [-0.3, -0.25) is 0 Å². The van der Waals surface area contributed by atoms with E-state index in [1.165, 1.54) is 5.56 Å². The highest BCUT2D eigenvalue weighted by molar-refractivity contribution is 6.30. The van der Waals surface area contributed by atoms with Crippen LogP contribution in [-0.4, -0.2) is 24.4 Å². The lowest BCUT2D eigenvalue weighted by molar-refractivity contribution is 0.104. The lowest BCUT2D eigenvalue weighted by Gasteiger charge is -2.18. The number of aryl methyl sites for hydroxylation is 2. The van der Waals surface area contributed by atoms with Crippen molar-refractivity contribution in [3.63, 3.8) is 0 Å². The van der Waals surface area contributed by atoms with Gasteiger partial charge < -0.3 is 15.2 Å². The number of nitrogens with one attached hydrogen (secondary N) is 1. The van der Waals surface area contributed by atoms with E-state index in [0.717, 1.165) is 21.9 Å². The van der Waals surface area contributed by atoms with Gasteiger partial charge in [-0.15, -0.1) is 0 Å². The molecule has 3 nitrogen and oxygen atoms in total. The van der Waals surface area contributed by atoms with E-state index in [1.54, 1.807) is 0 Å². The van der Waals surface area contributed by atoms with Crippen LogP contribution >= 0.6 is 11.6 Å². The minimum atomic E-state index is -0.564. The fourth-order valence-electron chi connectivity index (χ4n) is 2.39. The monoisotopic (exact) mass is 333 g/mol. The van der Waals surface area contributed by atoms with Crippen molar-refractivity contribution in [2.24, 2.45) is 0 Å². The Labute approximate surface area is 143 Å². The third kappa shape index (κ3) is 5.54. The lowest BCUT2D eigenvalue weighted by atomic mass is 10.1. The Morgan fingerprint density at radius 2 is 1.83 bits per heavy atom. The van der Waals surface area contributed by atoms with Crippen LogP contribution in [0, 0.1) is 13.8 Å². The fourth-order valence-corrected chi connectivity index (χ4v) is 2.51. The molecular weight excluding hydrogens is 310 g/mol. The first-order valence-corrected chi connectivity index (χ1v) is 8.20. The molecule has 0 aromatic heterocycles. The van der Waals surface area contributed by atoms with Crippen molar-refractivity contribution in [3.05, 3.63) is 64.2 Å². The van der Waals surface area contributed by atoms with Crippen molar-refractivity contribution in [2.45, 2.75) is 32.9 Å². The molecule has 2 atom stereocenters. The molecule has 0 aliphatic heterocycles. The van der Waals surface area contributed by atoms with E-state index in [2.05, 4.69) is 18.3 Å². The molecule has 0 fully saturated rings. The zero-order valence-electron chi connectivity index (χ0n) is 13.8. The number of halogens is 1. The van der Waals surface area contributed by atoms with Crippen molar-refractivity contribution >= 4 is 11.6 Å². The van der Waals surface area contributed by atoms with E-state index in [1.807, 2.05) is 50.2 Å². The molecule has 2 aromatic carbocycles. The molecule has 0 spiro atoms. The molecule has 2 unspecified atom stereocenters. The summed E-state index contributed by atoms with van der Waals surface area (Å²) >= 11 is 5.89. The average Bonchev–Trinajstić information content (AvgIpc) is 2.52. The number of rotatable bonds is 7. The summed E-state index contributed by atoms with van der Waals surface area (Å²) in [6.07, 6.45) is -0.564. The molecule has 4 heteroatoms. The second-order valence-corrected chi connectivity index (χ2v) is 6.35. The predicted octanol–water partition coefficient (Wildman–Crippen LogP) is 4.05. The van der Waals surface area contributed by atoms with Gasteiger partial charge in [0, 0.05) is 17.6 Å². The number of aliphatic hydroxyl groups is 1. The van der Waals surface area contributed by atoms with Crippen LogP contribution in [0.25, 0.3) is 0 Å². The van der Waals surface area contributed by atoms with Gasteiger partial charge >= 0.3 is 0 Å². The van der Waals surface area contributed by atoms with E-state index in [9.17, 15) is 5.11 Å². The summed E-state index contributed by atoms with van der Waals surface area (Å²) in [5, 5.41) is 14.1. The van der Waals surface area contributed by atoms with Crippen molar-refractivity contribution in [2.75, 3.05) is 13.2 Å². The Hall–Kier alpha value is -1.55. The minimum Gasteiger partial charge on any atom is -0.491 e. The van der Waals surface area contributed by atoms with Crippen molar-refractivity contribution in [3.8, 4) is 5.75 Å². The molecule has 0 radical (unpaired) electrons. The Balaban J connectivity index is 1.78. The largest absolute Gasteiger partial charge is 0.491 e. The number of benzene rings is 2. The van der Waals surface area contributed by atoms with Crippen LogP contribution in [0.2, 0.25) is 5.02 Å². The third-order valence-electron chi connectivity index (χ3n) is 3.79. The Bertz CT molecular complexity index is 628. The molecule has 0 aliphatic rings. The smallest absolute Gasteiger partial charge is 0.122 e. The summed E-state index contributed by atoms with van der Waals surface area (Å²) in [4.78, 5) is 0. The predicted molar refractivity (Wildman–Crippen MR) is 95.3 cm³/mol. The average molecular weight is 334 g/mol. The summed E-state index contributed by atoms with van der Waals surface area (Å²) in [5.41, 5.74) is 3.42. The van der Waals surface area contributed by atoms with E-state index in [0.29, 0.717) is 6.54 Å². The Morgan fingerprint density at radius 1 is 1.13 bits per heavy atom. The van der Waals surface area contributed by atoms with Crippen LogP contribution in [0.3, 0.4) is 0 Å². The fraction of sp³-hybridized carbons (Fsp3) is 0.368. The van der Waals surface area contributed by atoms with Crippen molar-refractivity contribution in [1.82, 2.24) is 5.32 Å². The molecular formula is C19H24ClNO2. The molecule has 0 saturated heterocycles. The van der Waals surface area contributed by atoms with Gasteiger partial charge in [0.15, 0.2) is 0 Å². The minimum absolute atomic E-state index is 0.142. The highest BCUT2D eigenvalue weighted by atomic mass is 35.5. The number of ether oxygens (including phenoxy) is 1. The van der Waals surface area contributed by atoms with E-state index in [-0.39, 0.29) is 12.6 Å². The molecule has 2 rings (SSSR count). The van der Waals surface area contributed by atoms with Crippen LogP contribution in [0.5, 0.6) is 5.75 Å². The molecule has 0 saturated carbocycles. The molecule has 124 valence electrons. The zero-order chi connectivity index (χ0) is 16.8. The van der Waals surface area contributed by atoms with E-state index in [4.69, 9.17) is 16.3 Å². The molecule has 2 N–H and O–H groups in total. The molecule has 2 aromatic rings. The van der Waals surface area contributed by atoms with Crippen LogP contribution in [0.4, 0.5) is 0 Å². The van der Waals surface area contributed by atoms with Gasteiger partial charge in [0.1, 0.15) is 18.5 Å². The number of hydrogen-bond acceptors (Lipinski definition) is 3. The van der Waals surface area contributed by atoms with Gasteiger partial charge in [0.05, 0.1) is 0 Å². The third-order valence-corrected chi connectivity index (χ3v) is 4.04. The van der Waals surface area contributed by atoms with E-state index < -0.39 is 6.10 Å². The topological polar surface area (TPSA) is 41.5 Å². The summed E-state index contributed by atoms with van der Waals surface area (Å²) in [7, 11) is 0. The molecule has 23 heavy (non-hydrogen) atoms. The molecule has 0 bridgehead atoms. The number of aliphatic hydroxyl groups excluding tert-OH is 1. The Kier molecular flexibility index (Phi) is 6.46.